The number of nitrogens with one attached hydrogen (secondary N) is 1. The first-order valence-electron chi connectivity index (χ1n) is 8.01. The van der Waals surface area contributed by atoms with Crippen molar-refractivity contribution in [1.82, 2.24) is 0 Å². The van der Waals surface area contributed by atoms with Gasteiger partial charge in [-0.05, 0) is 49.4 Å². The van der Waals surface area contributed by atoms with Gasteiger partial charge in [-0.2, -0.15) is 0 Å². The summed E-state index contributed by atoms with van der Waals surface area (Å²) in [5.74, 6) is -1.07. The lowest BCUT2D eigenvalue weighted by Gasteiger charge is -2.22. The van der Waals surface area contributed by atoms with Gasteiger partial charge < -0.3 is 10.1 Å². The minimum atomic E-state index is -3.69. The molecule has 1 N–H and O–H groups in total. The van der Waals surface area contributed by atoms with Gasteiger partial charge in [-0.3, -0.25) is 9.10 Å². The predicted octanol–water partition coefficient (Wildman–Crippen LogP) is 2.92. The van der Waals surface area contributed by atoms with Gasteiger partial charge >= 0.3 is 5.97 Å². The molecule has 0 unspecified atom stereocenters. The molecule has 9 heteroatoms. The van der Waals surface area contributed by atoms with E-state index in [0.717, 1.165) is 10.6 Å². The summed E-state index contributed by atoms with van der Waals surface area (Å²) in [6.45, 7) is 1.50. The minimum absolute atomic E-state index is 0.236. The van der Waals surface area contributed by atoms with Crippen LogP contribution in [0.2, 0.25) is 5.02 Å². The second-order valence-electron chi connectivity index (χ2n) is 5.60. The van der Waals surface area contributed by atoms with Crippen LogP contribution in [0.3, 0.4) is 0 Å². The summed E-state index contributed by atoms with van der Waals surface area (Å²) in [4.78, 5) is 24.1. The molecule has 0 heterocycles. The average molecular weight is 411 g/mol. The quantitative estimate of drug-likeness (QED) is 0.708. The molecular formula is C18H19ClN2O5S. The van der Waals surface area contributed by atoms with Crippen LogP contribution in [0.4, 0.5) is 11.4 Å². The number of sulfonamides is 1. The molecule has 27 heavy (non-hydrogen) atoms. The first kappa shape index (κ1) is 20.7. The Hall–Kier alpha value is -2.58. The van der Waals surface area contributed by atoms with Crippen LogP contribution in [0, 0.1) is 0 Å². The second kappa shape index (κ2) is 8.88. The molecule has 1 amide bonds. The summed E-state index contributed by atoms with van der Waals surface area (Å²) >= 11 is 5.82. The molecule has 0 aliphatic heterocycles. The molecule has 0 aliphatic rings. The van der Waals surface area contributed by atoms with Crippen molar-refractivity contribution in [3.63, 3.8) is 0 Å². The maximum atomic E-state index is 12.4. The highest BCUT2D eigenvalue weighted by molar-refractivity contribution is 7.92. The lowest BCUT2D eigenvalue weighted by Crippen LogP contribution is -2.37. The van der Waals surface area contributed by atoms with Gasteiger partial charge in [0.05, 0.1) is 24.1 Å². The molecule has 0 saturated carbocycles. The topological polar surface area (TPSA) is 92.8 Å². The Morgan fingerprint density at radius 1 is 1.15 bits per heavy atom. The van der Waals surface area contributed by atoms with Crippen molar-refractivity contribution in [2.24, 2.45) is 0 Å². The number of ether oxygens (including phenoxy) is 1. The van der Waals surface area contributed by atoms with Gasteiger partial charge in [0, 0.05) is 10.7 Å². The monoisotopic (exact) mass is 410 g/mol. The molecule has 0 aromatic heterocycles. The number of nitrogens with zero attached hydrogens (tertiary/aromatic N) is 1. The molecule has 2 rings (SSSR count). The number of hydrogen-bond acceptors (Lipinski definition) is 5. The zero-order valence-electron chi connectivity index (χ0n) is 14.8. The Kier molecular flexibility index (Phi) is 6.81. The summed E-state index contributed by atoms with van der Waals surface area (Å²) in [5, 5.41) is 3.04. The second-order valence-corrected chi connectivity index (χ2v) is 7.94. The minimum Gasteiger partial charge on any atom is -0.462 e. The van der Waals surface area contributed by atoms with Crippen LogP contribution in [-0.4, -0.2) is 39.7 Å². The van der Waals surface area contributed by atoms with Gasteiger partial charge in [0.2, 0.25) is 15.9 Å². The number of carbonyl (C=O) groups excluding carboxylic acids is 2. The number of rotatable bonds is 7. The number of halogens is 1. The molecule has 7 nitrogen and oxygen atoms in total. The van der Waals surface area contributed by atoms with Crippen molar-refractivity contribution in [1.29, 1.82) is 0 Å². The highest BCUT2D eigenvalue weighted by atomic mass is 35.5. The van der Waals surface area contributed by atoms with Crippen molar-refractivity contribution in [3.05, 3.63) is 59.1 Å². The summed E-state index contributed by atoms with van der Waals surface area (Å²) < 4.78 is 30.0. The van der Waals surface area contributed by atoms with Crippen LogP contribution in [0.5, 0.6) is 0 Å². The van der Waals surface area contributed by atoms with Gasteiger partial charge in [0.25, 0.3) is 0 Å². The standard InChI is InChI=1S/C18H19ClN2O5S/c1-3-26-18(23)13-5-4-6-15(11-13)20-17(22)12-21(27(2,24)25)16-9-7-14(19)8-10-16/h4-11H,3,12H2,1-2H3,(H,20,22). The summed E-state index contributed by atoms with van der Waals surface area (Å²) in [7, 11) is -3.69. The van der Waals surface area contributed by atoms with E-state index >= 15 is 0 Å². The predicted molar refractivity (Wildman–Crippen MR) is 105 cm³/mol. The normalized spacial score (nSPS) is 10.9. The van der Waals surface area contributed by atoms with Crippen molar-refractivity contribution >= 4 is 44.9 Å². The van der Waals surface area contributed by atoms with Crippen molar-refractivity contribution < 1.29 is 22.7 Å². The van der Waals surface area contributed by atoms with Crippen molar-refractivity contribution in [2.75, 3.05) is 29.0 Å². The van der Waals surface area contributed by atoms with Gasteiger partial charge in [-0.15, -0.1) is 0 Å². The first-order chi connectivity index (χ1) is 12.7. The molecule has 0 radical (unpaired) electrons. The van der Waals surface area contributed by atoms with E-state index in [9.17, 15) is 18.0 Å². The highest BCUT2D eigenvalue weighted by Gasteiger charge is 2.21. The Bertz CT molecular complexity index is 929. The molecular weight excluding hydrogens is 392 g/mol. The Labute approximate surface area is 162 Å². The fourth-order valence-electron chi connectivity index (χ4n) is 2.28. The maximum absolute atomic E-state index is 12.4. The SMILES string of the molecule is CCOC(=O)c1cccc(NC(=O)CN(c2ccc(Cl)cc2)S(C)(=O)=O)c1. The van der Waals surface area contributed by atoms with Crippen LogP contribution in [0.25, 0.3) is 0 Å². The molecule has 0 spiro atoms. The van der Waals surface area contributed by atoms with Gasteiger partial charge in [0.15, 0.2) is 0 Å². The summed E-state index contributed by atoms with van der Waals surface area (Å²) in [6, 6.07) is 12.3. The first-order valence-corrected chi connectivity index (χ1v) is 10.2. The van der Waals surface area contributed by atoms with E-state index < -0.39 is 28.4 Å². The molecule has 0 atom stereocenters. The van der Waals surface area contributed by atoms with Crippen LogP contribution < -0.4 is 9.62 Å². The number of hydrogen-bond donors (Lipinski definition) is 1. The molecule has 0 aliphatic carbocycles. The van der Waals surface area contributed by atoms with Crippen LogP contribution >= 0.6 is 11.6 Å². The number of esters is 1. The van der Waals surface area contributed by atoms with Crippen LogP contribution in [0.1, 0.15) is 17.3 Å². The fourth-order valence-corrected chi connectivity index (χ4v) is 3.26. The molecule has 2 aromatic rings. The van der Waals surface area contributed by atoms with E-state index in [2.05, 4.69) is 5.32 Å². The Morgan fingerprint density at radius 2 is 1.81 bits per heavy atom. The molecule has 2 aromatic carbocycles. The highest BCUT2D eigenvalue weighted by Crippen LogP contribution is 2.20. The lowest BCUT2D eigenvalue weighted by molar-refractivity contribution is -0.114. The third-order valence-electron chi connectivity index (χ3n) is 3.46. The van der Waals surface area contributed by atoms with Crippen LogP contribution in [0.15, 0.2) is 48.5 Å². The molecule has 0 fully saturated rings. The van der Waals surface area contributed by atoms with E-state index in [-0.39, 0.29) is 12.2 Å². The number of amides is 1. The zero-order valence-corrected chi connectivity index (χ0v) is 16.4. The maximum Gasteiger partial charge on any atom is 0.338 e. The van der Waals surface area contributed by atoms with E-state index in [1.807, 2.05) is 0 Å². The Balaban J connectivity index is 2.16. The van der Waals surface area contributed by atoms with E-state index in [0.29, 0.717) is 16.4 Å². The smallest absolute Gasteiger partial charge is 0.338 e. The number of carbonyl (C=O) groups is 2. The molecule has 0 saturated heterocycles. The largest absolute Gasteiger partial charge is 0.462 e. The van der Waals surface area contributed by atoms with E-state index in [1.165, 1.54) is 30.3 Å². The third kappa shape index (κ3) is 5.97. The number of anilines is 2. The Morgan fingerprint density at radius 3 is 2.41 bits per heavy atom. The van der Waals surface area contributed by atoms with Crippen LogP contribution in [-0.2, 0) is 19.6 Å². The molecule has 0 bridgehead atoms. The van der Waals surface area contributed by atoms with Gasteiger partial charge in [-0.1, -0.05) is 17.7 Å². The van der Waals surface area contributed by atoms with Gasteiger partial charge in [0.1, 0.15) is 6.54 Å². The number of benzene rings is 2. The van der Waals surface area contributed by atoms with E-state index in [4.69, 9.17) is 16.3 Å². The summed E-state index contributed by atoms with van der Waals surface area (Å²) in [6.07, 6.45) is 1.01. The average Bonchev–Trinajstić information content (AvgIpc) is 2.60. The van der Waals surface area contributed by atoms with Gasteiger partial charge in [-0.25, -0.2) is 13.2 Å². The van der Waals surface area contributed by atoms with Crippen molar-refractivity contribution in [3.8, 4) is 0 Å². The molecule has 144 valence electrons. The zero-order chi connectivity index (χ0) is 20.0. The van der Waals surface area contributed by atoms with E-state index in [1.54, 1.807) is 25.1 Å². The third-order valence-corrected chi connectivity index (χ3v) is 4.85. The summed E-state index contributed by atoms with van der Waals surface area (Å²) in [5.41, 5.74) is 0.958. The van der Waals surface area contributed by atoms with Crippen molar-refractivity contribution in [2.45, 2.75) is 6.92 Å². The lowest BCUT2D eigenvalue weighted by atomic mass is 10.2. The fraction of sp³-hybridized carbons (Fsp3) is 0.222.